The molecule has 0 aliphatic carbocycles. The van der Waals surface area contributed by atoms with E-state index >= 15 is 0 Å². The maximum Gasteiger partial charge on any atom is 0.325 e. The zero-order chi connectivity index (χ0) is 17.0. The second kappa shape index (κ2) is 7.08. The Bertz CT molecular complexity index is 608. The highest BCUT2D eigenvalue weighted by Crippen LogP contribution is 2.28. The van der Waals surface area contributed by atoms with Crippen molar-refractivity contribution in [2.45, 2.75) is 52.0 Å². The second-order valence-corrected chi connectivity index (χ2v) is 6.60. The largest absolute Gasteiger partial charge is 0.325 e. The Morgan fingerprint density at radius 1 is 1.35 bits per heavy atom. The average Bonchev–Trinajstić information content (AvgIpc) is 2.97. The average molecular weight is 338 g/mol. The monoisotopic (exact) mass is 338 g/mol. The molecule has 7 nitrogen and oxygen atoms in total. The molecule has 1 aliphatic heterocycles. The van der Waals surface area contributed by atoms with Gasteiger partial charge in [-0.3, -0.25) is 14.5 Å². The normalized spacial score (nSPS) is 16.6. The van der Waals surface area contributed by atoms with E-state index in [1.165, 1.54) is 11.3 Å². The first-order chi connectivity index (χ1) is 10.9. The van der Waals surface area contributed by atoms with Crippen molar-refractivity contribution in [3.63, 3.8) is 0 Å². The van der Waals surface area contributed by atoms with Crippen molar-refractivity contribution in [3.05, 3.63) is 11.1 Å². The van der Waals surface area contributed by atoms with E-state index in [1.807, 2.05) is 26.2 Å². The maximum atomic E-state index is 12.7. The number of carbonyl (C=O) groups excluding carboxylic acids is 3. The molecule has 0 bridgehead atoms. The molecule has 1 fully saturated rings. The van der Waals surface area contributed by atoms with Gasteiger partial charge < -0.3 is 10.6 Å². The Balaban J connectivity index is 2.06. The number of hydrogen-bond acceptors (Lipinski definition) is 5. The van der Waals surface area contributed by atoms with E-state index in [-0.39, 0.29) is 12.5 Å². The van der Waals surface area contributed by atoms with Crippen molar-refractivity contribution in [3.8, 4) is 0 Å². The minimum Gasteiger partial charge on any atom is -0.323 e. The number of anilines is 1. The van der Waals surface area contributed by atoms with Crippen molar-refractivity contribution in [2.75, 3.05) is 11.9 Å². The van der Waals surface area contributed by atoms with E-state index < -0.39 is 17.5 Å². The second-order valence-electron chi connectivity index (χ2n) is 5.75. The van der Waals surface area contributed by atoms with Gasteiger partial charge in [-0.1, -0.05) is 26.7 Å². The van der Waals surface area contributed by atoms with Crippen LogP contribution in [-0.2, 0) is 9.59 Å². The van der Waals surface area contributed by atoms with E-state index in [9.17, 15) is 14.4 Å². The summed E-state index contributed by atoms with van der Waals surface area (Å²) in [5.74, 6) is -0.733. The van der Waals surface area contributed by atoms with Gasteiger partial charge in [0.2, 0.25) is 5.91 Å². The number of amides is 4. The number of hydrogen-bond donors (Lipinski definition) is 2. The molecule has 0 spiro atoms. The Morgan fingerprint density at radius 2 is 2.00 bits per heavy atom. The minimum absolute atomic E-state index is 0.293. The third kappa shape index (κ3) is 3.69. The molecule has 0 saturated carbocycles. The Kier molecular flexibility index (Phi) is 5.35. The zero-order valence-electron chi connectivity index (χ0n) is 13.6. The van der Waals surface area contributed by atoms with Crippen molar-refractivity contribution in [1.29, 1.82) is 0 Å². The molecule has 0 unspecified atom stereocenters. The first-order valence-electron chi connectivity index (χ1n) is 7.78. The fourth-order valence-corrected chi connectivity index (χ4v) is 3.56. The molecular formula is C15H22N4O3S. The van der Waals surface area contributed by atoms with Crippen LogP contribution in [-0.4, -0.2) is 39.8 Å². The van der Waals surface area contributed by atoms with Crippen LogP contribution in [0.1, 0.15) is 45.2 Å². The van der Waals surface area contributed by atoms with E-state index in [1.54, 1.807) is 0 Å². The molecule has 126 valence electrons. The van der Waals surface area contributed by atoms with Gasteiger partial charge in [-0.25, -0.2) is 9.78 Å². The van der Waals surface area contributed by atoms with Crippen LogP contribution < -0.4 is 10.6 Å². The number of urea groups is 1. The summed E-state index contributed by atoms with van der Waals surface area (Å²) < 4.78 is 0. The smallest absolute Gasteiger partial charge is 0.323 e. The zero-order valence-corrected chi connectivity index (χ0v) is 14.5. The van der Waals surface area contributed by atoms with Crippen molar-refractivity contribution in [2.24, 2.45) is 0 Å². The van der Waals surface area contributed by atoms with Gasteiger partial charge in [-0.15, -0.1) is 11.3 Å². The lowest BCUT2D eigenvalue weighted by atomic mass is 9.88. The molecule has 2 N–H and O–H groups in total. The molecule has 2 heterocycles. The number of carbonyl (C=O) groups is 3. The summed E-state index contributed by atoms with van der Waals surface area (Å²) in [5.41, 5.74) is -0.0521. The van der Waals surface area contributed by atoms with Crippen LogP contribution in [0.4, 0.5) is 9.93 Å². The first-order valence-corrected chi connectivity index (χ1v) is 8.66. The maximum absolute atomic E-state index is 12.7. The van der Waals surface area contributed by atoms with Crippen LogP contribution >= 0.6 is 11.3 Å². The number of nitrogens with zero attached hydrogens (tertiary/aromatic N) is 2. The Hall–Kier alpha value is -1.96. The summed E-state index contributed by atoms with van der Waals surface area (Å²) >= 11 is 1.31. The first kappa shape index (κ1) is 17.4. The third-order valence-corrected chi connectivity index (χ3v) is 4.64. The number of rotatable bonds is 7. The van der Waals surface area contributed by atoms with Gasteiger partial charge in [0, 0.05) is 5.38 Å². The van der Waals surface area contributed by atoms with Gasteiger partial charge in [0.15, 0.2) is 5.13 Å². The van der Waals surface area contributed by atoms with Crippen LogP contribution in [0, 0.1) is 6.92 Å². The molecule has 4 amide bonds. The minimum atomic E-state index is -0.862. The molecule has 2 rings (SSSR count). The van der Waals surface area contributed by atoms with Crippen LogP contribution in [0.3, 0.4) is 0 Å². The van der Waals surface area contributed by atoms with Gasteiger partial charge in [0.1, 0.15) is 12.1 Å². The number of nitrogens with one attached hydrogen (secondary N) is 2. The van der Waals surface area contributed by atoms with Crippen molar-refractivity contribution in [1.82, 2.24) is 15.2 Å². The quantitative estimate of drug-likeness (QED) is 0.746. The van der Waals surface area contributed by atoms with Crippen LogP contribution in [0.15, 0.2) is 5.38 Å². The van der Waals surface area contributed by atoms with E-state index in [0.717, 1.165) is 23.4 Å². The molecular weight excluding hydrogens is 316 g/mol. The van der Waals surface area contributed by atoms with E-state index in [4.69, 9.17) is 0 Å². The number of aromatic nitrogens is 1. The molecule has 23 heavy (non-hydrogen) atoms. The van der Waals surface area contributed by atoms with E-state index in [2.05, 4.69) is 15.6 Å². The van der Waals surface area contributed by atoms with Crippen LogP contribution in [0.25, 0.3) is 0 Å². The Labute approximate surface area is 139 Å². The lowest BCUT2D eigenvalue weighted by molar-refractivity contribution is -0.134. The standard InChI is InChI=1S/C15H22N4O3S/c1-4-6-15(7-5-2)12(21)19(14(22)18-15)8-11(20)17-13-16-10(3)9-23-13/h9H,4-8H2,1-3H3,(H,18,22)(H,16,17,20). The summed E-state index contributed by atoms with van der Waals surface area (Å²) in [5, 5.41) is 7.69. The molecule has 0 atom stereocenters. The molecule has 0 radical (unpaired) electrons. The topological polar surface area (TPSA) is 91.4 Å². The van der Waals surface area contributed by atoms with Gasteiger partial charge in [-0.05, 0) is 19.8 Å². The molecule has 1 aromatic heterocycles. The van der Waals surface area contributed by atoms with Crippen molar-refractivity contribution < 1.29 is 14.4 Å². The highest BCUT2D eigenvalue weighted by atomic mass is 32.1. The predicted octanol–water partition coefficient (Wildman–Crippen LogP) is 2.28. The number of imide groups is 1. The summed E-state index contributed by atoms with van der Waals surface area (Å²) in [6.07, 6.45) is 2.72. The summed E-state index contributed by atoms with van der Waals surface area (Å²) in [6.45, 7) is 5.47. The highest BCUT2D eigenvalue weighted by molar-refractivity contribution is 7.13. The number of aryl methyl sites for hydroxylation is 1. The summed E-state index contributed by atoms with van der Waals surface area (Å²) in [7, 11) is 0. The highest BCUT2D eigenvalue weighted by Gasteiger charge is 2.50. The predicted molar refractivity (Wildman–Crippen MR) is 88.3 cm³/mol. The van der Waals surface area contributed by atoms with Gasteiger partial charge in [-0.2, -0.15) is 0 Å². The fraction of sp³-hybridized carbons (Fsp3) is 0.600. The van der Waals surface area contributed by atoms with Crippen LogP contribution in [0.2, 0.25) is 0 Å². The molecule has 1 aromatic rings. The van der Waals surface area contributed by atoms with Crippen molar-refractivity contribution >= 4 is 34.3 Å². The van der Waals surface area contributed by atoms with Gasteiger partial charge in [0.25, 0.3) is 5.91 Å². The van der Waals surface area contributed by atoms with Gasteiger partial charge >= 0.3 is 6.03 Å². The van der Waals surface area contributed by atoms with E-state index in [0.29, 0.717) is 18.0 Å². The lowest BCUT2D eigenvalue weighted by Gasteiger charge is -2.25. The summed E-state index contributed by atoms with van der Waals surface area (Å²) in [4.78, 5) is 42.0. The molecule has 8 heteroatoms. The molecule has 1 aliphatic rings. The van der Waals surface area contributed by atoms with Gasteiger partial charge in [0.05, 0.1) is 5.69 Å². The fourth-order valence-electron chi connectivity index (χ4n) is 2.85. The lowest BCUT2D eigenvalue weighted by Crippen LogP contribution is -2.47. The summed E-state index contributed by atoms with van der Waals surface area (Å²) in [6, 6.07) is -0.498. The molecule has 0 aromatic carbocycles. The van der Waals surface area contributed by atoms with Crippen LogP contribution in [0.5, 0.6) is 0 Å². The SMILES string of the molecule is CCCC1(CCC)NC(=O)N(CC(=O)Nc2nc(C)cs2)C1=O. The number of thiazole rings is 1. The molecule has 1 saturated heterocycles. The third-order valence-electron chi connectivity index (χ3n) is 3.77. The Morgan fingerprint density at radius 3 is 2.52 bits per heavy atom.